The van der Waals surface area contributed by atoms with Crippen molar-refractivity contribution in [3.8, 4) is 0 Å². The molecule has 55 heavy (non-hydrogen) atoms. The van der Waals surface area contributed by atoms with Crippen molar-refractivity contribution in [2.45, 2.75) is 50.8 Å². The first-order valence-electron chi connectivity index (χ1n) is 18.3. The normalized spacial score (nSPS) is 17.3. The summed E-state index contributed by atoms with van der Waals surface area (Å²) in [5.74, 6) is 8.34. The Labute approximate surface area is 322 Å². The van der Waals surface area contributed by atoms with Crippen molar-refractivity contribution in [1.29, 1.82) is 0 Å². The largest absolute Gasteiger partial charge is 0.394 e. The maximum atomic E-state index is 13.7. The second-order valence-electron chi connectivity index (χ2n) is 12.8. The third-order valence-electron chi connectivity index (χ3n) is 8.35. The van der Waals surface area contributed by atoms with E-state index in [9.17, 15) is 28.6 Å². The first kappa shape index (κ1) is 48.0. The summed E-state index contributed by atoms with van der Waals surface area (Å²) in [5, 5.41) is 20.2. The number of hydrogen-bond donors (Lipinski definition) is 8. The van der Waals surface area contributed by atoms with Gasteiger partial charge in [-0.25, -0.2) is 11.8 Å². The number of aliphatic hydroxyl groups is 1. The maximum absolute atomic E-state index is 13.7. The van der Waals surface area contributed by atoms with Gasteiger partial charge in [0.05, 0.1) is 84.7 Å². The van der Waals surface area contributed by atoms with E-state index in [2.05, 4.69) is 30.9 Å². The van der Waals surface area contributed by atoms with E-state index >= 15 is 0 Å². The van der Waals surface area contributed by atoms with Crippen LogP contribution in [0.5, 0.6) is 0 Å². The van der Waals surface area contributed by atoms with E-state index < -0.39 is 31.4 Å². The number of carbonyl (C=O) groups is 4. The van der Waals surface area contributed by atoms with Crippen LogP contribution in [0.1, 0.15) is 36.8 Å². The second-order valence-corrected chi connectivity index (χ2v) is 14.7. The zero-order valence-electron chi connectivity index (χ0n) is 31.6. The highest BCUT2D eigenvalue weighted by Gasteiger charge is 2.31. The molecule has 1 unspecified atom stereocenters. The standard InChI is InChI=1S/C34H60N7O13P/c1-55(47,48)54-29-8-6-28(7-9-29)33(45)40-23-27-4-2-26(3-5-27)22-30(34(46)39-12-16-49-17-13-42)41(24-31(43)37-10-14-50-18-20-52-35)25-32(44)38-11-15-51-19-21-53-36/h2-5,28-30,42H,6-25,35-36H2,1H3,(H,37,43)(H,38,44)(H,39,46)(H,40,45)(H,47,48)/t28-,29+,30-/m0/s1. The Bertz CT molecular complexity index is 1270. The van der Waals surface area contributed by atoms with Crippen molar-refractivity contribution in [3.05, 3.63) is 35.4 Å². The smallest absolute Gasteiger partial charge is 0.325 e. The minimum Gasteiger partial charge on any atom is -0.394 e. The first-order valence-corrected chi connectivity index (χ1v) is 20.3. The Morgan fingerprint density at radius 1 is 0.764 bits per heavy atom. The Morgan fingerprint density at radius 2 is 1.27 bits per heavy atom. The number of ether oxygens (including phenoxy) is 3. The lowest BCUT2D eigenvalue weighted by atomic mass is 9.87. The summed E-state index contributed by atoms with van der Waals surface area (Å²) in [6.07, 6.45) is 1.94. The van der Waals surface area contributed by atoms with Gasteiger partial charge in [0.25, 0.3) is 0 Å². The molecular formula is C34H60N7O13P. The van der Waals surface area contributed by atoms with Crippen LogP contribution in [0.4, 0.5) is 0 Å². The zero-order valence-corrected chi connectivity index (χ0v) is 32.5. The molecule has 1 aromatic rings. The van der Waals surface area contributed by atoms with Crippen molar-refractivity contribution >= 4 is 31.2 Å². The van der Waals surface area contributed by atoms with E-state index in [-0.39, 0.29) is 123 Å². The minimum atomic E-state index is -3.59. The Kier molecular flexibility index (Phi) is 24.7. The van der Waals surface area contributed by atoms with Gasteiger partial charge in [-0.3, -0.25) is 28.6 Å². The molecule has 2 rings (SSSR count). The number of aliphatic hydroxyl groups excluding tert-OH is 1. The molecule has 1 fully saturated rings. The van der Waals surface area contributed by atoms with Crippen LogP contribution in [0.25, 0.3) is 0 Å². The van der Waals surface area contributed by atoms with E-state index in [1.807, 2.05) is 24.3 Å². The molecule has 0 aromatic heterocycles. The van der Waals surface area contributed by atoms with Gasteiger partial charge in [-0.2, -0.15) is 0 Å². The van der Waals surface area contributed by atoms with Gasteiger partial charge in [0.15, 0.2) is 0 Å². The molecule has 0 aliphatic heterocycles. The van der Waals surface area contributed by atoms with Gasteiger partial charge in [0.1, 0.15) is 0 Å². The molecule has 2 atom stereocenters. The van der Waals surface area contributed by atoms with E-state index in [4.69, 9.17) is 35.6 Å². The van der Waals surface area contributed by atoms with Crippen LogP contribution in [-0.2, 0) is 65.1 Å². The van der Waals surface area contributed by atoms with Crippen LogP contribution in [0.3, 0.4) is 0 Å². The molecule has 1 saturated carbocycles. The molecule has 0 saturated heterocycles. The number of rotatable bonds is 30. The van der Waals surface area contributed by atoms with Gasteiger partial charge in [0, 0.05) is 38.8 Å². The molecule has 0 heterocycles. The van der Waals surface area contributed by atoms with E-state index in [1.165, 1.54) is 4.90 Å². The number of hydrogen-bond acceptors (Lipinski definition) is 15. The molecule has 1 aliphatic carbocycles. The molecule has 10 N–H and O–H groups in total. The van der Waals surface area contributed by atoms with Crippen molar-refractivity contribution < 1.29 is 62.2 Å². The second kappa shape index (κ2) is 28.3. The van der Waals surface area contributed by atoms with Gasteiger partial charge in [-0.1, -0.05) is 24.3 Å². The summed E-state index contributed by atoms with van der Waals surface area (Å²) in [4.78, 5) is 72.6. The molecular weight excluding hydrogens is 745 g/mol. The summed E-state index contributed by atoms with van der Waals surface area (Å²) >= 11 is 0. The van der Waals surface area contributed by atoms with Crippen molar-refractivity contribution in [3.63, 3.8) is 0 Å². The van der Waals surface area contributed by atoms with E-state index in [0.717, 1.165) is 17.8 Å². The monoisotopic (exact) mass is 805 g/mol. The highest BCUT2D eigenvalue weighted by atomic mass is 31.2. The molecule has 4 amide bonds. The highest BCUT2D eigenvalue weighted by Crippen LogP contribution is 2.42. The molecule has 1 aliphatic rings. The fraction of sp³-hybridized carbons (Fsp3) is 0.706. The third-order valence-corrected chi connectivity index (χ3v) is 9.04. The van der Waals surface area contributed by atoms with Crippen molar-refractivity contribution in [2.75, 3.05) is 98.9 Å². The lowest BCUT2D eigenvalue weighted by molar-refractivity contribution is -0.132. The highest BCUT2D eigenvalue weighted by molar-refractivity contribution is 7.51. The lowest BCUT2D eigenvalue weighted by Crippen LogP contribution is -2.54. The summed E-state index contributed by atoms with van der Waals surface area (Å²) in [6.45, 7) is 2.64. The van der Waals surface area contributed by atoms with Gasteiger partial charge < -0.3 is 59.7 Å². The molecule has 21 heteroatoms. The zero-order chi connectivity index (χ0) is 40.3. The Balaban J connectivity index is 2.12. The molecule has 20 nitrogen and oxygen atoms in total. The first-order chi connectivity index (χ1) is 26.4. The van der Waals surface area contributed by atoms with Gasteiger partial charge >= 0.3 is 7.60 Å². The van der Waals surface area contributed by atoms with Gasteiger partial charge in [-0.05, 0) is 43.2 Å². The Hall–Kier alpha value is -3.11. The molecule has 0 bridgehead atoms. The van der Waals surface area contributed by atoms with Crippen LogP contribution in [0.2, 0.25) is 0 Å². The number of amides is 4. The molecule has 0 radical (unpaired) electrons. The van der Waals surface area contributed by atoms with Crippen LogP contribution < -0.4 is 33.1 Å². The average molecular weight is 806 g/mol. The number of benzene rings is 1. The van der Waals surface area contributed by atoms with Crippen LogP contribution in [0, 0.1) is 5.92 Å². The fourth-order valence-electron chi connectivity index (χ4n) is 5.68. The average Bonchev–Trinajstić information content (AvgIpc) is 3.15. The van der Waals surface area contributed by atoms with Crippen LogP contribution >= 0.6 is 7.60 Å². The van der Waals surface area contributed by atoms with Gasteiger partial charge in [-0.15, -0.1) is 0 Å². The molecule has 1 aromatic carbocycles. The van der Waals surface area contributed by atoms with Gasteiger partial charge in [0.2, 0.25) is 23.6 Å². The number of carbonyl (C=O) groups excluding carboxylic acids is 4. The quantitative estimate of drug-likeness (QED) is 0.0239. The summed E-state index contributed by atoms with van der Waals surface area (Å²) < 4.78 is 32.7. The number of nitrogens with zero attached hydrogens (tertiary/aromatic N) is 1. The van der Waals surface area contributed by atoms with Crippen molar-refractivity contribution in [2.24, 2.45) is 17.7 Å². The van der Waals surface area contributed by atoms with Crippen LogP contribution in [-0.4, -0.2) is 150 Å². The summed E-state index contributed by atoms with van der Waals surface area (Å²) in [5.41, 5.74) is 1.55. The minimum absolute atomic E-state index is 0.105. The number of nitrogens with two attached hydrogens (primary N) is 2. The maximum Gasteiger partial charge on any atom is 0.325 e. The Morgan fingerprint density at radius 3 is 1.78 bits per heavy atom. The number of nitrogens with one attached hydrogen (secondary N) is 4. The summed E-state index contributed by atoms with van der Waals surface area (Å²) in [6, 6.07) is 6.31. The summed E-state index contributed by atoms with van der Waals surface area (Å²) in [7, 11) is -3.59. The molecule has 314 valence electrons. The van der Waals surface area contributed by atoms with E-state index in [0.29, 0.717) is 25.7 Å². The van der Waals surface area contributed by atoms with E-state index in [1.54, 1.807) is 0 Å². The third kappa shape index (κ3) is 22.3. The topological polar surface area (TPSA) is 285 Å². The van der Waals surface area contributed by atoms with Crippen molar-refractivity contribution in [1.82, 2.24) is 26.2 Å². The molecule has 0 spiro atoms. The SMILES string of the molecule is CP(=O)(O)O[C@H]1CC[C@@H](C(=O)NCc2ccc(C[C@@H](C(=O)NCCOCCO)N(CC(=O)NCCOCCON)CC(=O)NCCOCCON)cc2)CC1. The fourth-order valence-corrected chi connectivity index (χ4v) is 6.44. The predicted molar refractivity (Wildman–Crippen MR) is 199 cm³/mol. The lowest BCUT2D eigenvalue weighted by Gasteiger charge is -2.30. The van der Waals surface area contributed by atoms with Crippen LogP contribution in [0.15, 0.2) is 24.3 Å². The predicted octanol–water partition coefficient (Wildman–Crippen LogP) is -1.92.